The van der Waals surface area contributed by atoms with Crippen LogP contribution in [0, 0.1) is 12.8 Å². The Morgan fingerprint density at radius 2 is 1.96 bits per heavy atom. The summed E-state index contributed by atoms with van der Waals surface area (Å²) < 4.78 is 6.00. The minimum absolute atomic E-state index is 0.155. The number of furan rings is 1. The predicted molar refractivity (Wildman–Crippen MR) is 107 cm³/mol. The molecule has 2 unspecified atom stereocenters. The second-order valence-corrected chi connectivity index (χ2v) is 7.97. The van der Waals surface area contributed by atoms with Crippen LogP contribution in [0.3, 0.4) is 0 Å². The van der Waals surface area contributed by atoms with Gasteiger partial charge in [0.05, 0.1) is 6.54 Å². The normalized spacial score (nSPS) is 20.5. The number of urea groups is 1. The molecule has 0 spiro atoms. The van der Waals surface area contributed by atoms with Crippen LogP contribution in [0.5, 0.6) is 0 Å². The second kappa shape index (κ2) is 7.34. The molecular formula is C22H27N3O3. The maximum absolute atomic E-state index is 13.0. The molecule has 0 radical (unpaired) electrons. The molecule has 28 heavy (non-hydrogen) atoms. The highest BCUT2D eigenvalue weighted by Crippen LogP contribution is 2.47. The Morgan fingerprint density at radius 1 is 1.21 bits per heavy atom. The molecule has 148 valence electrons. The van der Waals surface area contributed by atoms with Crippen molar-refractivity contribution in [1.82, 2.24) is 10.2 Å². The van der Waals surface area contributed by atoms with Gasteiger partial charge in [0, 0.05) is 30.3 Å². The first kappa shape index (κ1) is 18.6. The van der Waals surface area contributed by atoms with Crippen molar-refractivity contribution in [3.05, 3.63) is 53.0 Å². The molecule has 2 fully saturated rings. The van der Waals surface area contributed by atoms with Gasteiger partial charge in [-0.25, -0.2) is 4.79 Å². The summed E-state index contributed by atoms with van der Waals surface area (Å²) in [7, 11) is 1.60. The van der Waals surface area contributed by atoms with Gasteiger partial charge in [-0.3, -0.25) is 4.79 Å². The molecule has 6 nitrogen and oxygen atoms in total. The Morgan fingerprint density at radius 3 is 2.61 bits per heavy atom. The second-order valence-electron chi connectivity index (χ2n) is 7.97. The minimum Gasteiger partial charge on any atom is -0.464 e. The third-order valence-electron chi connectivity index (χ3n) is 5.78. The molecule has 4 rings (SSSR count). The van der Waals surface area contributed by atoms with E-state index in [0.29, 0.717) is 29.6 Å². The van der Waals surface area contributed by atoms with Crippen LogP contribution in [0.2, 0.25) is 0 Å². The lowest BCUT2D eigenvalue weighted by Gasteiger charge is -2.23. The van der Waals surface area contributed by atoms with Crippen molar-refractivity contribution in [3.63, 3.8) is 0 Å². The third kappa shape index (κ3) is 3.77. The van der Waals surface area contributed by atoms with Crippen molar-refractivity contribution >= 4 is 17.6 Å². The minimum atomic E-state index is -0.162. The number of anilines is 1. The maximum Gasteiger partial charge on any atom is 0.322 e. The summed E-state index contributed by atoms with van der Waals surface area (Å²) in [6.07, 6.45) is 3.20. The highest BCUT2D eigenvalue weighted by Gasteiger charge is 2.37. The number of hydrogen-bond acceptors (Lipinski definition) is 3. The van der Waals surface area contributed by atoms with Crippen LogP contribution in [0.1, 0.15) is 59.5 Å². The molecule has 2 N–H and O–H groups in total. The lowest BCUT2D eigenvalue weighted by Crippen LogP contribution is -2.36. The van der Waals surface area contributed by atoms with Gasteiger partial charge >= 0.3 is 6.03 Å². The smallest absolute Gasteiger partial charge is 0.322 e. The van der Waals surface area contributed by atoms with E-state index in [2.05, 4.69) is 17.6 Å². The molecule has 0 bridgehead atoms. The summed E-state index contributed by atoms with van der Waals surface area (Å²) >= 11 is 0. The van der Waals surface area contributed by atoms with Gasteiger partial charge in [-0.1, -0.05) is 13.0 Å². The Balaban J connectivity index is 1.47. The van der Waals surface area contributed by atoms with E-state index in [-0.39, 0.29) is 18.0 Å². The van der Waals surface area contributed by atoms with E-state index in [1.807, 2.05) is 30.0 Å². The molecule has 2 aromatic rings. The zero-order valence-electron chi connectivity index (χ0n) is 16.6. The number of carbonyl (C=O) groups excluding carboxylic acids is 2. The number of rotatable bonds is 6. The number of benzene rings is 1. The van der Waals surface area contributed by atoms with Gasteiger partial charge in [-0.15, -0.1) is 0 Å². The van der Waals surface area contributed by atoms with Crippen LogP contribution in [0.4, 0.5) is 10.5 Å². The number of hydrogen-bond donors (Lipinski definition) is 2. The topological polar surface area (TPSA) is 74.6 Å². The Kier molecular flexibility index (Phi) is 4.87. The van der Waals surface area contributed by atoms with Crippen molar-refractivity contribution in [2.24, 2.45) is 5.92 Å². The summed E-state index contributed by atoms with van der Waals surface area (Å²) in [5.74, 6) is 2.93. The van der Waals surface area contributed by atoms with Crippen LogP contribution in [0.15, 0.2) is 34.7 Å². The zero-order chi connectivity index (χ0) is 19.8. The van der Waals surface area contributed by atoms with Gasteiger partial charge in [0.2, 0.25) is 0 Å². The van der Waals surface area contributed by atoms with Gasteiger partial charge < -0.3 is 20.0 Å². The van der Waals surface area contributed by atoms with Crippen molar-refractivity contribution in [1.29, 1.82) is 0 Å². The Hall–Kier alpha value is -2.76. The quantitative estimate of drug-likeness (QED) is 0.785. The molecule has 1 aromatic carbocycles. The van der Waals surface area contributed by atoms with Crippen LogP contribution in [-0.4, -0.2) is 29.9 Å². The van der Waals surface area contributed by atoms with E-state index in [0.717, 1.165) is 29.9 Å². The highest BCUT2D eigenvalue weighted by atomic mass is 16.3. The fraction of sp³-hybridized carbons (Fsp3) is 0.455. The molecule has 3 amide bonds. The first-order valence-electron chi connectivity index (χ1n) is 9.96. The molecule has 2 atom stereocenters. The molecule has 1 aromatic heterocycles. The molecule has 2 aliphatic rings. The van der Waals surface area contributed by atoms with Crippen LogP contribution >= 0.6 is 0 Å². The summed E-state index contributed by atoms with van der Waals surface area (Å²) in [5, 5.41) is 5.62. The van der Waals surface area contributed by atoms with E-state index < -0.39 is 0 Å². The van der Waals surface area contributed by atoms with Crippen molar-refractivity contribution in [2.75, 3.05) is 12.4 Å². The molecule has 1 heterocycles. The standard InChI is InChI=1S/C22H27N3O3/c1-13-11-18(13)20-10-9-16(28-20)12-25(15-7-8-15)22(27)24-19-6-4-5-17(14(19)2)21(26)23-3/h4-6,9-10,13,15,18H,7-8,11-12H2,1-3H3,(H,23,26)(H,24,27). The monoisotopic (exact) mass is 381 g/mol. The molecule has 0 aliphatic heterocycles. The lowest BCUT2D eigenvalue weighted by atomic mass is 10.1. The number of carbonyl (C=O) groups is 2. The average Bonchev–Trinajstić information content (AvgIpc) is 3.60. The van der Waals surface area contributed by atoms with Gasteiger partial charge in [0.25, 0.3) is 5.91 Å². The van der Waals surface area contributed by atoms with E-state index in [4.69, 9.17) is 4.42 Å². The van der Waals surface area contributed by atoms with E-state index >= 15 is 0 Å². The molecule has 2 aliphatic carbocycles. The first-order chi connectivity index (χ1) is 13.5. The highest BCUT2D eigenvalue weighted by molar-refractivity contribution is 5.99. The van der Waals surface area contributed by atoms with Gasteiger partial charge in [-0.2, -0.15) is 0 Å². The van der Waals surface area contributed by atoms with Crippen LogP contribution in [-0.2, 0) is 6.54 Å². The molecule has 6 heteroatoms. The molecular weight excluding hydrogens is 354 g/mol. The van der Waals surface area contributed by atoms with Crippen molar-refractivity contribution in [3.8, 4) is 0 Å². The SMILES string of the molecule is CNC(=O)c1cccc(NC(=O)N(Cc2ccc(C3CC3C)o2)C2CC2)c1C. The van der Waals surface area contributed by atoms with Crippen molar-refractivity contribution < 1.29 is 14.0 Å². The summed E-state index contributed by atoms with van der Waals surface area (Å²) in [5.41, 5.74) is 1.98. The predicted octanol–water partition coefficient (Wildman–Crippen LogP) is 4.27. The van der Waals surface area contributed by atoms with Gasteiger partial charge in [0.15, 0.2) is 0 Å². The average molecular weight is 381 g/mol. The van der Waals surface area contributed by atoms with Crippen LogP contribution in [0.25, 0.3) is 0 Å². The molecule has 2 saturated carbocycles. The first-order valence-corrected chi connectivity index (χ1v) is 9.96. The number of nitrogens with one attached hydrogen (secondary N) is 2. The van der Waals surface area contributed by atoms with Crippen LogP contribution < -0.4 is 10.6 Å². The fourth-order valence-corrected chi connectivity index (χ4v) is 3.66. The van der Waals surface area contributed by atoms with E-state index in [9.17, 15) is 9.59 Å². The number of nitrogens with zero attached hydrogens (tertiary/aromatic N) is 1. The zero-order valence-corrected chi connectivity index (χ0v) is 16.6. The lowest BCUT2D eigenvalue weighted by molar-refractivity contribution is 0.0962. The van der Waals surface area contributed by atoms with Crippen molar-refractivity contribution in [2.45, 2.75) is 51.6 Å². The Bertz CT molecular complexity index is 900. The third-order valence-corrected chi connectivity index (χ3v) is 5.78. The Labute approximate surface area is 165 Å². The van der Waals surface area contributed by atoms with E-state index in [1.165, 1.54) is 6.42 Å². The summed E-state index contributed by atoms with van der Waals surface area (Å²) in [6.45, 7) is 4.54. The molecule has 0 saturated heterocycles. The fourth-order valence-electron chi connectivity index (χ4n) is 3.66. The van der Waals surface area contributed by atoms with Gasteiger partial charge in [-0.05, 0) is 61.9 Å². The largest absolute Gasteiger partial charge is 0.464 e. The number of amides is 3. The maximum atomic E-state index is 13.0. The van der Waals surface area contributed by atoms with Gasteiger partial charge in [0.1, 0.15) is 11.5 Å². The van der Waals surface area contributed by atoms with E-state index in [1.54, 1.807) is 19.2 Å². The summed E-state index contributed by atoms with van der Waals surface area (Å²) in [6, 6.07) is 9.48. The summed E-state index contributed by atoms with van der Waals surface area (Å²) in [4.78, 5) is 26.8.